The standard InChI is InChI=1S/C12H24N2O6S/c1-8(2)11(12(16)17)14-10(15)7-13-21(18,19)6-5-20-9(3)4/h8-9,11,13H,5-7H2,1-4H3,(H,14,15)(H,16,17)/t11-/m0/s1. The summed E-state index contributed by atoms with van der Waals surface area (Å²) in [6.07, 6.45) is -0.0779. The van der Waals surface area contributed by atoms with Crippen molar-refractivity contribution in [2.24, 2.45) is 5.92 Å². The molecule has 124 valence electrons. The van der Waals surface area contributed by atoms with E-state index < -0.39 is 34.5 Å². The van der Waals surface area contributed by atoms with Crippen LogP contribution in [0.1, 0.15) is 27.7 Å². The molecular weight excluding hydrogens is 300 g/mol. The minimum atomic E-state index is -3.63. The van der Waals surface area contributed by atoms with Crippen LogP contribution in [0.3, 0.4) is 0 Å². The molecule has 0 saturated heterocycles. The third kappa shape index (κ3) is 9.38. The fourth-order valence-electron chi connectivity index (χ4n) is 1.38. The van der Waals surface area contributed by atoms with Gasteiger partial charge in [-0.1, -0.05) is 13.8 Å². The molecule has 0 aliphatic carbocycles. The van der Waals surface area contributed by atoms with Crippen LogP contribution in [0, 0.1) is 5.92 Å². The van der Waals surface area contributed by atoms with Crippen molar-refractivity contribution in [3.05, 3.63) is 0 Å². The zero-order valence-electron chi connectivity index (χ0n) is 12.8. The Morgan fingerprint density at radius 1 is 1.19 bits per heavy atom. The maximum atomic E-state index is 11.6. The van der Waals surface area contributed by atoms with Gasteiger partial charge >= 0.3 is 5.97 Å². The normalized spacial score (nSPS) is 13.4. The van der Waals surface area contributed by atoms with Crippen molar-refractivity contribution in [1.82, 2.24) is 10.0 Å². The highest BCUT2D eigenvalue weighted by atomic mass is 32.2. The van der Waals surface area contributed by atoms with Crippen LogP contribution in [0.15, 0.2) is 0 Å². The van der Waals surface area contributed by atoms with Gasteiger partial charge in [-0.3, -0.25) is 4.79 Å². The Labute approximate surface area is 125 Å². The smallest absolute Gasteiger partial charge is 0.326 e. The van der Waals surface area contributed by atoms with Crippen LogP contribution >= 0.6 is 0 Å². The van der Waals surface area contributed by atoms with Crippen molar-refractivity contribution in [3.63, 3.8) is 0 Å². The molecule has 0 unspecified atom stereocenters. The Kier molecular flexibility index (Phi) is 8.45. The zero-order valence-corrected chi connectivity index (χ0v) is 13.6. The van der Waals surface area contributed by atoms with Gasteiger partial charge in [-0.15, -0.1) is 0 Å². The van der Waals surface area contributed by atoms with Gasteiger partial charge < -0.3 is 15.2 Å². The molecule has 9 heteroatoms. The number of carboxylic acid groups (broad SMARTS) is 1. The lowest BCUT2D eigenvalue weighted by Crippen LogP contribution is -2.48. The number of aliphatic carboxylic acids is 1. The Morgan fingerprint density at radius 2 is 1.76 bits per heavy atom. The first-order chi connectivity index (χ1) is 9.55. The molecule has 0 spiro atoms. The van der Waals surface area contributed by atoms with Crippen molar-refractivity contribution in [2.45, 2.75) is 39.8 Å². The third-order valence-corrected chi connectivity index (χ3v) is 3.79. The van der Waals surface area contributed by atoms with Crippen molar-refractivity contribution in [2.75, 3.05) is 18.9 Å². The first-order valence-corrected chi connectivity index (χ1v) is 8.31. The maximum absolute atomic E-state index is 11.6. The number of hydrogen-bond acceptors (Lipinski definition) is 5. The summed E-state index contributed by atoms with van der Waals surface area (Å²) in [5, 5.41) is 11.2. The predicted octanol–water partition coefficient (Wildman–Crippen LogP) is -0.444. The molecule has 8 nitrogen and oxygen atoms in total. The fraction of sp³-hybridized carbons (Fsp3) is 0.833. The minimum absolute atomic E-state index is 0.0262. The van der Waals surface area contributed by atoms with E-state index in [4.69, 9.17) is 9.84 Å². The molecule has 0 aromatic carbocycles. The molecule has 0 fully saturated rings. The van der Waals surface area contributed by atoms with Gasteiger partial charge in [0.2, 0.25) is 15.9 Å². The molecule has 0 radical (unpaired) electrons. The second-order valence-corrected chi connectivity index (χ2v) is 7.11. The molecule has 0 aliphatic heterocycles. The number of carbonyl (C=O) groups is 2. The number of carboxylic acids is 1. The number of hydrogen-bond donors (Lipinski definition) is 3. The number of rotatable bonds is 10. The predicted molar refractivity (Wildman–Crippen MR) is 77.3 cm³/mol. The van der Waals surface area contributed by atoms with Crippen molar-refractivity contribution >= 4 is 21.9 Å². The van der Waals surface area contributed by atoms with E-state index >= 15 is 0 Å². The topological polar surface area (TPSA) is 122 Å². The lowest BCUT2D eigenvalue weighted by atomic mass is 10.1. The Bertz CT molecular complexity index is 447. The summed E-state index contributed by atoms with van der Waals surface area (Å²) in [5.74, 6) is -2.41. The molecule has 0 aromatic rings. The van der Waals surface area contributed by atoms with Crippen LogP contribution in [0.25, 0.3) is 0 Å². The van der Waals surface area contributed by atoms with Crippen LogP contribution in [0.2, 0.25) is 0 Å². The van der Waals surface area contributed by atoms with E-state index in [2.05, 4.69) is 10.0 Å². The van der Waals surface area contributed by atoms with Crippen LogP contribution in [0.5, 0.6) is 0 Å². The van der Waals surface area contributed by atoms with Crippen LogP contribution in [-0.4, -0.2) is 56.5 Å². The molecule has 1 atom stereocenters. The molecule has 0 bridgehead atoms. The average molecular weight is 324 g/mol. The van der Waals surface area contributed by atoms with Crippen LogP contribution in [-0.2, 0) is 24.3 Å². The Hall–Kier alpha value is -1.19. The van der Waals surface area contributed by atoms with Gasteiger partial charge in [0.25, 0.3) is 0 Å². The quantitative estimate of drug-likeness (QED) is 0.500. The number of ether oxygens (including phenoxy) is 1. The molecule has 0 aromatic heterocycles. The third-order valence-electron chi connectivity index (χ3n) is 2.51. The van der Waals surface area contributed by atoms with E-state index in [0.717, 1.165) is 0 Å². The van der Waals surface area contributed by atoms with Gasteiger partial charge in [-0.05, 0) is 19.8 Å². The first-order valence-electron chi connectivity index (χ1n) is 6.66. The van der Waals surface area contributed by atoms with E-state index in [0.29, 0.717) is 0 Å². The molecule has 3 N–H and O–H groups in total. The van der Waals surface area contributed by atoms with Crippen molar-refractivity contribution < 1.29 is 27.9 Å². The second-order valence-electron chi connectivity index (χ2n) is 5.19. The monoisotopic (exact) mass is 324 g/mol. The highest BCUT2D eigenvalue weighted by Gasteiger charge is 2.23. The number of carbonyl (C=O) groups excluding carboxylic acids is 1. The second kappa shape index (κ2) is 8.96. The average Bonchev–Trinajstić information content (AvgIpc) is 2.32. The van der Waals surface area contributed by atoms with Crippen molar-refractivity contribution in [3.8, 4) is 0 Å². The summed E-state index contributed by atoms with van der Waals surface area (Å²) >= 11 is 0. The maximum Gasteiger partial charge on any atom is 0.326 e. The summed E-state index contributed by atoms with van der Waals surface area (Å²) in [6.45, 7) is 6.38. The zero-order chi connectivity index (χ0) is 16.6. The molecule has 0 heterocycles. The number of nitrogens with one attached hydrogen (secondary N) is 2. The van der Waals surface area contributed by atoms with Gasteiger partial charge in [-0.25, -0.2) is 17.9 Å². The summed E-state index contributed by atoms with van der Waals surface area (Å²) in [6, 6.07) is -1.05. The number of amides is 1. The summed E-state index contributed by atoms with van der Waals surface area (Å²) in [7, 11) is -3.63. The fourth-order valence-corrected chi connectivity index (χ4v) is 2.19. The van der Waals surface area contributed by atoms with Gasteiger partial charge in [0.05, 0.1) is 25.0 Å². The SMILES string of the molecule is CC(C)OCCS(=O)(=O)NCC(=O)N[C@H](C(=O)O)C(C)C. The Morgan fingerprint density at radius 3 is 2.19 bits per heavy atom. The summed E-state index contributed by atoms with van der Waals surface area (Å²) < 4.78 is 30.4. The van der Waals surface area contributed by atoms with Gasteiger partial charge in [0.15, 0.2) is 0 Å². The van der Waals surface area contributed by atoms with E-state index in [-0.39, 0.29) is 24.4 Å². The Balaban J connectivity index is 4.25. The molecule has 1 amide bonds. The summed E-state index contributed by atoms with van der Waals surface area (Å²) in [4.78, 5) is 22.5. The lowest BCUT2D eigenvalue weighted by Gasteiger charge is -2.18. The summed E-state index contributed by atoms with van der Waals surface area (Å²) in [5.41, 5.74) is 0. The van der Waals surface area contributed by atoms with E-state index in [9.17, 15) is 18.0 Å². The largest absolute Gasteiger partial charge is 0.480 e. The molecule has 21 heavy (non-hydrogen) atoms. The van der Waals surface area contributed by atoms with E-state index in [1.807, 2.05) is 0 Å². The van der Waals surface area contributed by atoms with Gasteiger partial charge in [-0.2, -0.15) is 0 Å². The lowest BCUT2D eigenvalue weighted by molar-refractivity contribution is -0.142. The first kappa shape index (κ1) is 19.8. The highest BCUT2D eigenvalue weighted by Crippen LogP contribution is 2.01. The van der Waals surface area contributed by atoms with Crippen LogP contribution < -0.4 is 10.0 Å². The minimum Gasteiger partial charge on any atom is -0.480 e. The molecular formula is C12H24N2O6S. The van der Waals surface area contributed by atoms with Crippen LogP contribution in [0.4, 0.5) is 0 Å². The number of sulfonamides is 1. The molecule has 0 aliphatic rings. The molecule has 0 saturated carbocycles. The van der Waals surface area contributed by atoms with E-state index in [1.165, 1.54) is 0 Å². The van der Waals surface area contributed by atoms with E-state index in [1.54, 1.807) is 27.7 Å². The van der Waals surface area contributed by atoms with Gasteiger partial charge in [0.1, 0.15) is 6.04 Å². The van der Waals surface area contributed by atoms with Crippen molar-refractivity contribution in [1.29, 1.82) is 0 Å². The highest BCUT2D eigenvalue weighted by molar-refractivity contribution is 7.89. The molecule has 0 rings (SSSR count). The van der Waals surface area contributed by atoms with Gasteiger partial charge in [0, 0.05) is 0 Å².